The van der Waals surface area contributed by atoms with Gasteiger partial charge >= 0.3 is 0 Å². The molecule has 2 aliphatic rings. The summed E-state index contributed by atoms with van der Waals surface area (Å²) >= 11 is 0. The Morgan fingerprint density at radius 3 is 2.36 bits per heavy atom. The maximum atomic E-state index is 2.61. The van der Waals surface area contributed by atoms with E-state index < -0.39 is 0 Å². The van der Waals surface area contributed by atoms with Crippen LogP contribution in [0, 0.1) is 0 Å². The highest BCUT2D eigenvalue weighted by atomic mass is 15.2. The van der Waals surface area contributed by atoms with Gasteiger partial charge in [0.2, 0.25) is 0 Å². The molecule has 2 rings (SSSR count). The monoisotopic (exact) mass is 154 g/mol. The molecule has 0 N–H and O–H groups in total. The molecule has 0 saturated carbocycles. The Bertz CT molecular complexity index is 130. The van der Waals surface area contributed by atoms with Gasteiger partial charge in [0.1, 0.15) is 0 Å². The highest BCUT2D eigenvalue weighted by molar-refractivity contribution is 4.83. The molecular formula is C9H18N2. The molecule has 2 nitrogen and oxygen atoms in total. The van der Waals surface area contributed by atoms with Crippen molar-refractivity contribution < 1.29 is 0 Å². The van der Waals surface area contributed by atoms with E-state index in [4.69, 9.17) is 0 Å². The van der Waals surface area contributed by atoms with Gasteiger partial charge in [-0.3, -0.25) is 0 Å². The molecule has 2 fully saturated rings. The van der Waals surface area contributed by atoms with Crippen LogP contribution in [0.25, 0.3) is 0 Å². The fraction of sp³-hybridized carbons (Fsp3) is 1.00. The van der Waals surface area contributed by atoms with Crippen molar-refractivity contribution >= 4 is 0 Å². The molecule has 0 aromatic carbocycles. The Labute approximate surface area is 69.2 Å². The average molecular weight is 154 g/mol. The first-order chi connectivity index (χ1) is 5.36. The lowest BCUT2D eigenvalue weighted by atomic mass is 10.0. The predicted octanol–water partition coefficient (Wildman–Crippen LogP) is 0.786. The Kier molecular flexibility index (Phi) is 2.14. The normalized spacial score (nSPS) is 34.1. The van der Waals surface area contributed by atoms with Crippen molar-refractivity contribution in [1.29, 1.82) is 0 Å². The van der Waals surface area contributed by atoms with Crippen molar-refractivity contribution in [3.05, 3.63) is 0 Å². The van der Waals surface area contributed by atoms with E-state index in [-0.39, 0.29) is 0 Å². The number of likely N-dealkylation sites (N-methyl/N-ethyl adjacent to an activating group) is 1. The Hall–Kier alpha value is -0.0800. The molecular weight excluding hydrogens is 136 g/mol. The zero-order valence-electron chi connectivity index (χ0n) is 7.42. The summed E-state index contributed by atoms with van der Waals surface area (Å²) in [5, 5.41) is 0. The smallest absolute Gasteiger partial charge is 0.0232 e. The van der Waals surface area contributed by atoms with Gasteiger partial charge in [0.05, 0.1) is 0 Å². The van der Waals surface area contributed by atoms with Gasteiger partial charge in [-0.05, 0) is 45.9 Å². The van der Waals surface area contributed by atoms with E-state index in [9.17, 15) is 0 Å². The van der Waals surface area contributed by atoms with Crippen molar-refractivity contribution in [2.45, 2.75) is 25.3 Å². The van der Waals surface area contributed by atoms with Gasteiger partial charge in [-0.1, -0.05) is 0 Å². The quantitative estimate of drug-likeness (QED) is 0.580. The molecule has 11 heavy (non-hydrogen) atoms. The second-order valence-corrected chi connectivity index (χ2v) is 3.93. The summed E-state index contributed by atoms with van der Waals surface area (Å²) in [5.74, 6) is 0. The van der Waals surface area contributed by atoms with Crippen molar-refractivity contribution in [3.8, 4) is 0 Å². The number of nitrogens with zero attached hydrogens (tertiary/aromatic N) is 2. The van der Waals surface area contributed by atoms with Crippen molar-refractivity contribution in [2.75, 3.05) is 33.2 Å². The number of likely N-dealkylation sites (tertiary alicyclic amines) is 2. The Morgan fingerprint density at radius 2 is 1.91 bits per heavy atom. The summed E-state index contributed by atoms with van der Waals surface area (Å²) in [5.41, 5.74) is 0. The van der Waals surface area contributed by atoms with Crippen molar-refractivity contribution in [1.82, 2.24) is 9.80 Å². The summed E-state index contributed by atoms with van der Waals surface area (Å²) in [6.45, 7) is 5.35. The zero-order valence-corrected chi connectivity index (χ0v) is 7.42. The van der Waals surface area contributed by atoms with E-state index in [1.165, 1.54) is 45.4 Å². The van der Waals surface area contributed by atoms with E-state index in [0.717, 1.165) is 6.04 Å². The fourth-order valence-electron chi connectivity index (χ4n) is 2.06. The molecule has 2 saturated heterocycles. The maximum absolute atomic E-state index is 2.61. The van der Waals surface area contributed by atoms with Crippen LogP contribution in [-0.4, -0.2) is 49.1 Å². The van der Waals surface area contributed by atoms with Crippen LogP contribution >= 0.6 is 0 Å². The van der Waals surface area contributed by atoms with Gasteiger partial charge in [-0.2, -0.15) is 0 Å². The van der Waals surface area contributed by atoms with Crippen molar-refractivity contribution in [3.63, 3.8) is 0 Å². The van der Waals surface area contributed by atoms with Gasteiger partial charge < -0.3 is 9.80 Å². The largest absolute Gasteiger partial charge is 0.302 e. The van der Waals surface area contributed by atoms with Gasteiger partial charge in [0, 0.05) is 12.6 Å². The Balaban J connectivity index is 1.72. The molecule has 0 radical (unpaired) electrons. The minimum absolute atomic E-state index is 0.882. The first kappa shape index (κ1) is 7.56. The summed E-state index contributed by atoms with van der Waals surface area (Å²) in [6, 6.07) is 0.882. The van der Waals surface area contributed by atoms with Crippen LogP contribution in [0.15, 0.2) is 0 Å². The van der Waals surface area contributed by atoms with Crippen LogP contribution in [0.2, 0.25) is 0 Å². The summed E-state index contributed by atoms with van der Waals surface area (Å²) in [7, 11) is 2.24. The molecule has 0 aromatic heterocycles. The topological polar surface area (TPSA) is 6.48 Å². The first-order valence-corrected chi connectivity index (χ1v) is 4.79. The Morgan fingerprint density at radius 1 is 1.18 bits per heavy atom. The standard InChI is InChI=1S/C9H18N2/c1-10-7-4-9(10)8-11-5-2-3-6-11/h9H,2-8H2,1H3. The summed E-state index contributed by atoms with van der Waals surface area (Å²) in [4.78, 5) is 5.08. The fourth-order valence-corrected chi connectivity index (χ4v) is 2.06. The van der Waals surface area contributed by atoms with E-state index in [2.05, 4.69) is 16.8 Å². The summed E-state index contributed by atoms with van der Waals surface area (Å²) in [6.07, 6.45) is 4.28. The minimum Gasteiger partial charge on any atom is -0.302 e. The predicted molar refractivity (Wildman–Crippen MR) is 46.7 cm³/mol. The van der Waals surface area contributed by atoms with Crippen LogP contribution in [0.4, 0.5) is 0 Å². The van der Waals surface area contributed by atoms with E-state index in [1.807, 2.05) is 0 Å². The molecule has 2 aliphatic heterocycles. The third-order valence-corrected chi connectivity index (χ3v) is 3.11. The number of hydrogen-bond donors (Lipinski definition) is 0. The van der Waals surface area contributed by atoms with Crippen LogP contribution in [0.3, 0.4) is 0 Å². The van der Waals surface area contributed by atoms with Crippen LogP contribution in [0.1, 0.15) is 19.3 Å². The van der Waals surface area contributed by atoms with Crippen LogP contribution in [0.5, 0.6) is 0 Å². The highest BCUT2D eigenvalue weighted by Crippen LogP contribution is 2.17. The lowest BCUT2D eigenvalue weighted by Gasteiger charge is -2.40. The zero-order chi connectivity index (χ0) is 7.68. The van der Waals surface area contributed by atoms with Gasteiger partial charge in [0.15, 0.2) is 0 Å². The number of hydrogen-bond acceptors (Lipinski definition) is 2. The lowest BCUT2D eigenvalue weighted by molar-refractivity contribution is 0.0909. The number of rotatable bonds is 2. The third kappa shape index (κ3) is 1.57. The maximum Gasteiger partial charge on any atom is 0.0232 e. The highest BCUT2D eigenvalue weighted by Gasteiger charge is 2.26. The molecule has 1 atom stereocenters. The van der Waals surface area contributed by atoms with Gasteiger partial charge in [-0.25, -0.2) is 0 Å². The first-order valence-electron chi connectivity index (χ1n) is 4.79. The van der Waals surface area contributed by atoms with E-state index >= 15 is 0 Å². The molecule has 2 heterocycles. The van der Waals surface area contributed by atoms with Gasteiger partial charge in [-0.15, -0.1) is 0 Å². The molecule has 0 aliphatic carbocycles. The summed E-state index contributed by atoms with van der Waals surface area (Å²) < 4.78 is 0. The van der Waals surface area contributed by atoms with Crippen LogP contribution < -0.4 is 0 Å². The SMILES string of the molecule is CN1CCC1CN1CCCC1. The average Bonchev–Trinajstić information content (AvgIpc) is 2.49. The minimum atomic E-state index is 0.882. The molecule has 64 valence electrons. The second kappa shape index (κ2) is 3.11. The molecule has 1 unspecified atom stereocenters. The third-order valence-electron chi connectivity index (χ3n) is 3.11. The molecule has 2 heteroatoms. The molecule has 0 spiro atoms. The lowest BCUT2D eigenvalue weighted by Crippen LogP contribution is -2.50. The molecule has 0 bridgehead atoms. The van der Waals surface area contributed by atoms with E-state index in [1.54, 1.807) is 0 Å². The second-order valence-electron chi connectivity index (χ2n) is 3.93. The van der Waals surface area contributed by atoms with Gasteiger partial charge in [0.25, 0.3) is 0 Å². The van der Waals surface area contributed by atoms with Crippen LogP contribution in [-0.2, 0) is 0 Å². The molecule has 0 amide bonds. The van der Waals surface area contributed by atoms with E-state index in [0.29, 0.717) is 0 Å². The van der Waals surface area contributed by atoms with Crippen molar-refractivity contribution in [2.24, 2.45) is 0 Å². The molecule has 0 aromatic rings.